The molecule has 1 aromatic carbocycles. The molecular formula is C16H21BN2O3. The third kappa shape index (κ3) is 1.69. The number of anilines is 1. The van der Waals surface area contributed by atoms with Crippen LogP contribution in [0.15, 0.2) is 18.2 Å². The number of hydrogen-bond acceptors (Lipinski definition) is 4. The van der Waals surface area contributed by atoms with Gasteiger partial charge in [0.25, 0.3) is 0 Å². The number of nitrogens with one attached hydrogen (secondary N) is 2. The van der Waals surface area contributed by atoms with Crippen molar-refractivity contribution in [2.24, 2.45) is 0 Å². The Morgan fingerprint density at radius 2 is 1.73 bits per heavy atom. The Morgan fingerprint density at radius 1 is 1.09 bits per heavy atom. The largest absolute Gasteiger partial charge is 0.494 e. The van der Waals surface area contributed by atoms with Crippen LogP contribution in [0.3, 0.4) is 0 Å². The zero-order chi connectivity index (χ0) is 15.8. The molecule has 3 aliphatic rings. The number of carbonyl (C=O) groups is 1. The standard InChI is InChI=1S/C16H21BN2O3/c1-14(2)15(3,4)22-17(21-14)10-5-6-11-12(7-10)19-13(20)16(11)8-18-9-16/h5-7,18H,8-9H2,1-4H3,(H,19,20). The molecule has 0 atom stereocenters. The summed E-state index contributed by atoms with van der Waals surface area (Å²) in [5.41, 5.74) is 1.82. The monoisotopic (exact) mass is 300 g/mol. The van der Waals surface area contributed by atoms with Gasteiger partial charge >= 0.3 is 7.12 Å². The highest BCUT2D eigenvalue weighted by Crippen LogP contribution is 2.41. The fourth-order valence-electron chi connectivity index (χ4n) is 3.30. The fraction of sp³-hybridized carbons (Fsp3) is 0.562. The lowest BCUT2D eigenvalue weighted by atomic mass is 9.73. The number of fused-ring (bicyclic) bond motifs is 2. The number of hydrogen-bond donors (Lipinski definition) is 2. The lowest BCUT2D eigenvalue weighted by molar-refractivity contribution is -0.122. The van der Waals surface area contributed by atoms with Crippen molar-refractivity contribution in [3.05, 3.63) is 23.8 Å². The Labute approximate surface area is 130 Å². The Kier molecular flexibility index (Phi) is 2.67. The quantitative estimate of drug-likeness (QED) is 0.753. The average molecular weight is 300 g/mol. The molecule has 4 rings (SSSR count). The van der Waals surface area contributed by atoms with E-state index < -0.39 is 7.12 Å². The first kappa shape index (κ1) is 14.2. The van der Waals surface area contributed by atoms with Gasteiger partial charge in [-0.05, 0) is 44.8 Å². The van der Waals surface area contributed by atoms with Crippen molar-refractivity contribution >= 4 is 24.2 Å². The molecule has 22 heavy (non-hydrogen) atoms. The van der Waals surface area contributed by atoms with E-state index in [2.05, 4.69) is 10.6 Å². The van der Waals surface area contributed by atoms with Crippen LogP contribution in [0.2, 0.25) is 0 Å². The Hall–Kier alpha value is -1.37. The Morgan fingerprint density at radius 3 is 2.27 bits per heavy atom. The molecule has 0 saturated carbocycles. The maximum atomic E-state index is 12.3. The normalized spacial score (nSPS) is 26.7. The molecule has 0 aliphatic carbocycles. The average Bonchev–Trinajstić information content (AvgIpc) is 2.78. The molecule has 2 N–H and O–H groups in total. The van der Waals surface area contributed by atoms with Gasteiger partial charge < -0.3 is 19.9 Å². The summed E-state index contributed by atoms with van der Waals surface area (Å²) in [7, 11) is -0.400. The second-order valence-corrected chi connectivity index (χ2v) is 7.53. The minimum Gasteiger partial charge on any atom is -0.399 e. The van der Waals surface area contributed by atoms with E-state index >= 15 is 0 Å². The minimum absolute atomic E-state index is 0.0901. The molecular weight excluding hydrogens is 279 g/mol. The van der Waals surface area contributed by atoms with Crippen molar-refractivity contribution in [3.63, 3.8) is 0 Å². The van der Waals surface area contributed by atoms with E-state index in [1.807, 2.05) is 45.9 Å². The minimum atomic E-state index is -0.400. The molecule has 3 heterocycles. The van der Waals surface area contributed by atoms with Crippen LogP contribution in [0, 0.1) is 0 Å². The summed E-state index contributed by atoms with van der Waals surface area (Å²) >= 11 is 0. The van der Waals surface area contributed by atoms with Crippen molar-refractivity contribution in [1.82, 2.24) is 5.32 Å². The molecule has 1 spiro atoms. The van der Waals surface area contributed by atoms with Gasteiger partial charge in [-0.3, -0.25) is 4.79 Å². The van der Waals surface area contributed by atoms with Gasteiger partial charge in [-0.2, -0.15) is 0 Å². The smallest absolute Gasteiger partial charge is 0.399 e. The van der Waals surface area contributed by atoms with Crippen LogP contribution in [0.4, 0.5) is 5.69 Å². The maximum Gasteiger partial charge on any atom is 0.494 e. The predicted octanol–water partition coefficient (Wildman–Crippen LogP) is 0.779. The summed E-state index contributed by atoms with van der Waals surface area (Å²) in [6.07, 6.45) is 0. The van der Waals surface area contributed by atoms with Crippen molar-refractivity contribution in [1.29, 1.82) is 0 Å². The summed E-state index contributed by atoms with van der Waals surface area (Å²) in [6.45, 7) is 9.58. The number of amides is 1. The third-order valence-electron chi connectivity index (χ3n) is 5.62. The van der Waals surface area contributed by atoms with Crippen molar-refractivity contribution in [3.8, 4) is 0 Å². The van der Waals surface area contributed by atoms with Crippen LogP contribution >= 0.6 is 0 Å². The summed E-state index contributed by atoms with van der Waals surface area (Å²) in [5, 5.41) is 6.20. The van der Waals surface area contributed by atoms with Gasteiger partial charge in [0.1, 0.15) is 5.41 Å². The van der Waals surface area contributed by atoms with Crippen molar-refractivity contribution in [2.75, 3.05) is 18.4 Å². The highest BCUT2D eigenvalue weighted by Gasteiger charge is 2.54. The fourth-order valence-corrected chi connectivity index (χ4v) is 3.30. The van der Waals surface area contributed by atoms with Gasteiger partial charge in [0.05, 0.1) is 11.2 Å². The predicted molar refractivity (Wildman–Crippen MR) is 85.3 cm³/mol. The molecule has 5 nitrogen and oxygen atoms in total. The van der Waals surface area contributed by atoms with Gasteiger partial charge in [0, 0.05) is 18.8 Å². The van der Waals surface area contributed by atoms with E-state index in [9.17, 15) is 4.79 Å². The van der Waals surface area contributed by atoms with Gasteiger partial charge in [-0.1, -0.05) is 12.1 Å². The zero-order valence-electron chi connectivity index (χ0n) is 13.4. The van der Waals surface area contributed by atoms with Gasteiger partial charge in [-0.25, -0.2) is 0 Å². The molecule has 2 saturated heterocycles. The van der Waals surface area contributed by atoms with Crippen LogP contribution in [-0.4, -0.2) is 37.3 Å². The van der Waals surface area contributed by atoms with E-state index in [-0.39, 0.29) is 22.5 Å². The van der Waals surface area contributed by atoms with Crippen molar-refractivity contribution in [2.45, 2.75) is 44.3 Å². The van der Waals surface area contributed by atoms with Crippen molar-refractivity contribution < 1.29 is 14.1 Å². The summed E-state index contributed by atoms with van der Waals surface area (Å²) in [4.78, 5) is 12.3. The maximum absolute atomic E-state index is 12.3. The van der Waals surface area contributed by atoms with Gasteiger partial charge in [0.15, 0.2) is 0 Å². The second kappa shape index (κ2) is 4.13. The second-order valence-electron chi connectivity index (χ2n) is 7.53. The molecule has 0 radical (unpaired) electrons. The molecule has 0 unspecified atom stereocenters. The molecule has 6 heteroatoms. The Bertz CT molecular complexity index is 651. The number of rotatable bonds is 1. The van der Waals surface area contributed by atoms with Crippen LogP contribution in [0.5, 0.6) is 0 Å². The van der Waals surface area contributed by atoms with Crippen LogP contribution in [0.25, 0.3) is 0 Å². The zero-order valence-corrected chi connectivity index (χ0v) is 13.4. The van der Waals surface area contributed by atoms with Crippen LogP contribution in [0.1, 0.15) is 33.3 Å². The van der Waals surface area contributed by atoms with E-state index in [0.29, 0.717) is 13.1 Å². The highest BCUT2D eigenvalue weighted by molar-refractivity contribution is 6.62. The molecule has 1 amide bonds. The van der Waals surface area contributed by atoms with E-state index in [1.54, 1.807) is 0 Å². The molecule has 2 fully saturated rings. The van der Waals surface area contributed by atoms with Gasteiger partial charge in [-0.15, -0.1) is 0 Å². The third-order valence-corrected chi connectivity index (χ3v) is 5.62. The highest BCUT2D eigenvalue weighted by atomic mass is 16.7. The first-order valence-electron chi connectivity index (χ1n) is 7.77. The van der Waals surface area contributed by atoms with E-state index in [1.165, 1.54) is 0 Å². The van der Waals surface area contributed by atoms with Gasteiger partial charge in [0.2, 0.25) is 5.91 Å². The molecule has 0 bridgehead atoms. The lowest BCUT2D eigenvalue weighted by Gasteiger charge is -2.37. The summed E-state index contributed by atoms with van der Waals surface area (Å²) < 4.78 is 12.2. The molecule has 3 aliphatic heterocycles. The molecule has 1 aromatic rings. The van der Waals surface area contributed by atoms with Crippen LogP contribution < -0.4 is 16.1 Å². The SMILES string of the molecule is CC1(C)OB(c2ccc3c(c2)NC(=O)C32CNC2)OC1(C)C. The summed E-state index contributed by atoms with van der Waals surface area (Å²) in [6, 6.07) is 6.04. The Balaban J connectivity index is 1.67. The van der Waals surface area contributed by atoms with E-state index in [4.69, 9.17) is 9.31 Å². The molecule has 116 valence electrons. The first-order valence-corrected chi connectivity index (χ1v) is 7.77. The lowest BCUT2D eigenvalue weighted by Crippen LogP contribution is -2.60. The molecule has 0 aromatic heterocycles. The topological polar surface area (TPSA) is 59.6 Å². The number of benzene rings is 1. The van der Waals surface area contributed by atoms with Crippen LogP contribution in [-0.2, 0) is 19.5 Å². The summed E-state index contributed by atoms with van der Waals surface area (Å²) in [5.74, 6) is 0.0901. The first-order chi connectivity index (χ1) is 10.3. The van der Waals surface area contributed by atoms with E-state index in [0.717, 1.165) is 16.7 Å². The number of carbonyl (C=O) groups excluding carboxylic acids is 1.